The highest BCUT2D eigenvalue weighted by Crippen LogP contribution is 2.31. The van der Waals surface area contributed by atoms with Crippen LogP contribution >= 0.6 is 0 Å². The number of benzene rings is 1. The lowest BCUT2D eigenvalue weighted by molar-refractivity contribution is 0.0786. The summed E-state index contributed by atoms with van der Waals surface area (Å²) in [6.45, 7) is 4.25. The van der Waals surface area contributed by atoms with Crippen molar-refractivity contribution in [1.29, 1.82) is 0 Å². The molecule has 1 unspecified atom stereocenters. The van der Waals surface area contributed by atoms with Gasteiger partial charge in [0.15, 0.2) is 0 Å². The van der Waals surface area contributed by atoms with E-state index in [1.165, 1.54) is 0 Å². The van der Waals surface area contributed by atoms with Crippen LogP contribution in [-0.2, 0) is 4.74 Å². The lowest BCUT2D eigenvalue weighted by atomic mass is 9.99. The van der Waals surface area contributed by atoms with Crippen LogP contribution in [0.15, 0.2) is 30.5 Å². The summed E-state index contributed by atoms with van der Waals surface area (Å²) in [4.78, 5) is 38.6. The molecule has 1 aromatic heterocycles. The van der Waals surface area contributed by atoms with E-state index in [1.54, 1.807) is 35.2 Å². The van der Waals surface area contributed by atoms with Crippen LogP contribution in [0.4, 0.5) is 5.95 Å². The number of ether oxygens (including phenoxy) is 2. The first kappa shape index (κ1) is 23.5. The van der Waals surface area contributed by atoms with Crippen molar-refractivity contribution in [1.82, 2.24) is 20.2 Å². The fourth-order valence-corrected chi connectivity index (χ4v) is 3.71. The van der Waals surface area contributed by atoms with Gasteiger partial charge in [0.1, 0.15) is 5.75 Å². The maximum atomic E-state index is 13.2. The molecular weight excluding hydrogens is 410 g/mol. The molecule has 1 aromatic carbocycles. The lowest BCUT2D eigenvalue weighted by Gasteiger charge is -2.20. The number of para-hydroxylation sites is 1. The predicted molar refractivity (Wildman–Crippen MR) is 121 cm³/mol. The number of nitrogens with one attached hydrogen (secondary N) is 1. The van der Waals surface area contributed by atoms with Crippen molar-refractivity contribution >= 4 is 17.8 Å². The van der Waals surface area contributed by atoms with Gasteiger partial charge in [0, 0.05) is 53.0 Å². The number of aromatic nitrogens is 2. The predicted octanol–water partition coefficient (Wildman–Crippen LogP) is 1.95. The Hall–Kier alpha value is -3.20. The first-order valence-corrected chi connectivity index (χ1v) is 10.8. The van der Waals surface area contributed by atoms with Crippen LogP contribution in [0.25, 0.3) is 0 Å². The van der Waals surface area contributed by atoms with Crippen molar-refractivity contribution in [2.24, 2.45) is 0 Å². The minimum absolute atomic E-state index is 0.0666. The average molecular weight is 442 g/mol. The number of amides is 2. The van der Waals surface area contributed by atoms with Crippen molar-refractivity contribution in [2.75, 3.05) is 59.0 Å². The fourth-order valence-electron chi connectivity index (χ4n) is 3.71. The highest BCUT2D eigenvalue weighted by molar-refractivity contribution is 5.97. The summed E-state index contributed by atoms with van der Waals surface area (Å²) in [7, 11) is 5.29. The van der Waals surface area contributed by atoms with Gasteiger partial charge in [-0.15, -0.1) is 0 Å². The van der Waals surface area contributed by atoms with E-state index in [-0.39, 0.29) is 17.7 Å². The molecule has 1 saturated heterocycles. The number of methoxy groups -OCH3 is 1. The van der Waals surface area contributed by atoms with Gasteiger partial charge >= 0.3 is 0 Å². The number of anilines is 1. The molecule has 0 radical (unpaired) electrons. The monoisotopic (exact) mass is 441 g/mol. The Labute approximate surface area is 188 Å². The Morgan fingerprint density at radius 2 is 2.03 bits per heavy atom. The molecule has 3 rings (SSSR count). The number of hydrogen-bond acceptors (Lipinski definition) is 7. The molecule has 1 atom stereocenters. The van der Waals surface area contributed by atoms with E-state index in [0.29, 0.717) is 67.8 Å². The van der Waals surface area contributed by atoms with Gasteiger partial charge in [-0.25, -0.2) is 9.97 Å². The summed E-state index contributed by atoms with van der Waals surface area (Å²) in [5.41, 5.74) is 1.64. The Bertz CT molecular complexity index is 950. The largest absolute Gasteiger partial charge is 0.493 e. The highest BCUT2D eigenvalue weighted by atomic mass is 16.5. The van der Waals surface area contributed by atoms with Gasteiger partial charge in [-0.05, 0) is 25.5 Å². The molecule has 172 valence electrons. The molecule has 2 aromatic rings. The van der Waals surface area contributed by atoms with E-state index in [1.807, 2.05) is 33.2 Å². The molecule has 0 bridgehead atoms. The lowest BCUT2D eigenvalue weighted by Crippen LogP contribution is -2.31. The van der Waals surface area contributed by atoms with Gasteiger partial charge < -0.3 is 24.6 Å². The number of hydrogen-bond donors (Lipinski definition) is 1. The van der Waals surface area contributed by atoms with E-state index >= 15 is 0 Å². The Morgan fingerprint density at radius 1 is 1.25 bits per heavy atom. The molecule has 9 nitrogen and oxygen atoms in total. The molecule has 0 aliphatic carbocycles. The van der Waals surface area contributed by atoms with Gasteiger partial charge in [0.2, 0.25) is 5.95 Å². The van der Waals surface area contributed by atoms with Gasteiger partial charge in [-0.1, -0.05) is 12.1 Å². The molecule has 1 aliphatic heterocycles. The minimum atomic E-state index is -0.242. The zero-order chi connectivity index (χ0) is 23.1. The Morgan fingerprint density at radius 3 is 2.75 bits per heavy atom. The second-order valence-corrected chi connectivity index (χ2v) is 7.78. The quantitative estimate of drug-likeness (QED) is 0.594. The molecule has 32 heavy (non-hydrogen) atoms. The molecule has 9 heteroatoms. The maximum absolute atomic E-state index is 13.2. The smallest absolute Gasteiger partial charge is 0.257 e. The normalized spacial score (nSPS) is 15.5. The highest BCUT2D eigenvalue weighted by Gasteiger charge is 2.33. The van der Waals surface area contributed by atoms with E-state index < -0.39 is 0 Å². The van der Waals surface area contributed by atoms with E-state index in [2.05, 4.69) is 15.3 Å². The summed E-state index contributed by atoms with van der Waals surface area (Å²) in [6.07, 6.45) is 2.28. The standard InChI is InChI=1S/C23H31N5O4/c1-5-32-19-9-7-6-8-17(19)22(30)28-12-10-16(15-28)20-18(21(29)24-11-13-31-4)14-25-23(26-20)27(2)3/h6-9,14,16H,5,10-13,15H2,1-4H3,(H,24,29). The summed E-state index contributed by atoms with van der Waals surface area (Å²) < 4.78 is 10.6. The average Bonchev–Trinajstić information content (AvgIpc) is 3.29. The summed E-state index contributed by atoms with van der Waals surface area (Å²) in [5, 5.41) is 2.84. The number of nitrogens with zero attached hydrogens (tertiary/aromatic N) is 4. The number of carbonyl (C=O) groups excluding carboxylic acids is 2. The van der Waals surface area contributed by atoms with Crippen LogP contribution in [0.5, 0.6) is 5.75 Å². The Balaban J connectivity index is 1.83. The van der Waals surface area contributed by atoms with Crippen LogP contribution in [0.3, 0.4) is 0 Å². The first-order valence-electron chi connectivity index (χ1n) is 10.8. The first-order chi connectivity index (χ1) is 15.5. The molecule has 1 aliphatic rings. The van der Waals surface area contributed by atoms with Crippen LogP contribution in [-0.4, -0.2) is 80.7 Å². The third-order valence-electron chi connectivity index (χ3n) is 5.32. The van der Waals surface area contributed by atoms with Crippen molar-refractivity contribution in [3.63, 3.8) is 0 Å². The molecule has 1 N–H and O–H groups in total. The molecule has 2 heterocycles. The third kappa shape index (κ3) is 5.34. The van der Waals surface area contributed by atoms with Gasteiger partial charge in [0.05, 0.1) is 30.0 Å². The molecule has 1 fully saturated rings. The summed E-state index contributed by atoms with van der Waals surface area (Å²) in [5.74, 6) is 0.722. The zero-order valence-corrected chi connectivity index (χ0v) is 19.1. The summed E-state index contributed by atoms with van der Waals surface area (Å²) >= 11 is 0. The molecule has 0 saturated carbocycles. The SMILES string of the molecule is CCOc1ccccc1C(=O)N1CCC(c2nc(N(C)C)ncc2C(=O)NCCOC)C1. The number of likely N-dealkylation sites (tertiary alicyclic amines) is 1. The van der Waals surface area contributed by atoms with Crippen LogP contribution < -0.4 is 15.0 Å². The van der Waals surface area contributed by atoms with Crippen molar-refractivity contribution < 1.29 is 19.1 Å². The second kappa shape index (κ2) is 10.9. The molecule has 2 amide bonds. The van der Waals surface area contributed by atoms with E-state index in [4.69, 9.17) is 9.47 Å². The number of carbonyl (C=O) groups is 2. The number of rotatable bonds is 9. The third-order valence-corrected chi connectivity index (χ3v) is 5.32. The van der Waals surface area contributed by atoms with Crippen LogP contribution in [0.2, 0.25) is 0 Å². The van der Waals surface area contributed by atoms with Crippen molar-refractivity contribution in [2.45, 2.75) is 19.3 Å². The van der Waals surface area contributed by atoms with Gasteiger partial charge in [-0.3, -0.25) is 9.59 Å². The topological polar surface area (TPSA) is 96.9 Å². The van der Waals surface area contributed by atoms with E-state index in [0.717, 1.165) is 0 Å². The van der Waals surface area contributed by atoms with Crippen molar-refractivity contribution in [3.05, 3.63) is 47.3 Å². The van der Waals surface area contributed by atoms with Crippen molar-refractivity contribution in [3.8, 4) is 5.75 Å². The maximum Gasteiger partial charge on any atom is 0.257 e. The van der Waals surface area contributed by atoms with Gasteiger partial charge in [0.25, 0.3) is 11.8 Å². The zero-order valence-electron chi connectivity index (χ0n) is 19.1. The van der Waals surface area contributed by atoms with Gasteiger partial charge in [-0.2, -0.15) is 0 Å². The minimum Gasteiger partial charge on any atom is -0.493 e. The van der Waals surface area contributed by atoms with Crippen LogP contribution in [0, 0.1) is 0 Å². The Kier molecular flexibility index (Phi) is 7.99. The summed E-state index contributed by atoms with van der Waals surface area (Å²) in [6, 6.07) is 7.27. The fraction of sp³-hybridized carbons (Fsp3) is 0.478. The van der Waals surface area contributed by atoms with E-state index in [9.17, 15) is 9.59 Å². The second-order valence-electron chi connectivity index (χ2n) is 7.78. The molecule has 0 spiro atoms. The van der Waals surface area contributed by atoms with Crippen LogP contribution in [0.1, 0.15) is 45.7 Å². The molecular formula is C23H31N5O4.